The van der Waals surface area contributed by atoms with Crippen LogP contribution < -0.4 is 15.8 Å². The number of fused-ring (bicyclic) bond motifs is 1. The molecule has 1 aromatic carbocycles. The molecule has 0 fully saturated rings. The minimum absolute atomic E-state index is 0.0192. The van der Waals surface area contributed by atoms with E-state index in [1.165, 1.54) is 6.07 Å². The van der Waals surface area contributed by atoms with Crippen LogP contribution in [0.1, 0.15) is 5.69 Å². The van der Waals surface area contributed by atoms with E-state index in [-0.39, 0.29) is 12.3 Å². The molecule has 1 aromatic heterocycles. The quantitative estimate of drug-likeness (QED) is 0.834. The van der Waals surface area contributed by atoms with Crippen LogP contribution in [0.4, 0.5) is 11.4 Å². The van der Waals surface area contributed by atoms with Gasteiger partial charge in [0.1, 0.15) is 23.7 Å². The van der Waals surface area contributed by atoms with Gasteiger partial charge in [0.05, 0.1) is 5.69 Å². The number of carbonyl (C=O) groups is 1. The van der Waals surface area contributed by atoms with E-state index in [1.54, 1.807) is 36.5 Å². The Balaban J connectivity index is 2.14. The Bertz CT molecular complexity index is 705. The number of nitrogens with zero attached hydrogens (tertiary/aromatic N) is 2. The summed E-state index contributed by atoms with van der Waals surface area (Å²) in [6.45, 7) is -0.0192. The van der Waals surface area contributed by atoms with Crippen molar-refractivity contribution < 1.29 is 9.53 Å². The second-order valence-corrected chi connectivity index (χ2v) is 4.64. The molecule has 1 aliphatic rings. The van der Waals surface area contributed by atoms with E-state index in [9.17, 15) is 9.70 Å². The van der Waals surface area contributed by atoms with Gasteiger partial charge in [-0.3, -0.25) is 9.78 Å². The minimum atomic E-state index is -1.34. The standard InChI is InChI=1S/C14H12N4O3/c15-13(19)14(11-6-1-2-7-16-11)8-21-10-5-3-4-9(18-20)12(10)17-14/h1-7,17H,8H2,(H2,15,19). The van der Waals surface area contributed by atoms with Gasteiger partial charge in [-0.05, 0) is 29.4 Å². The lowest BCUT2D eigenvalue weighted by molar-refractivity contribution is -0.124. The first-order valence-corrected chi connectivity index (χ1v) is 6.26. The molecule has 3 N–H and O–H groups in total. The Morgan fingerprint density at radius 1 is 1.33 bits per heavy atom. The molecule has 2 aromatic rings. The van der Waals surface area contributed by atoms with Crippen LogP contribution in [0.2, 0.25) is 0 Å². The normalized spacial score (nSPS) is 19.8. The number of primary amides is 1. The number of hydrogen-bond acceptors (Lipinski definition) is 6. The summed E-state index contributed by atoms with van der Waals surface area (Å²) in [6, 6.07) is 10.00. The van der Waals surface area contributed by atoms with Gasteiger partial charge in [-0.25, -0.2) is 0 Å². The van der Waals surface area contributed by atoms with E-state index < -0.39 is 11.4 Å². The third-order valence-corrected chi connectivity index (χ3v) is 3.41. The van der Waals surface area contributed by atoms with Crippen molar-refractivity contribution in [2.75, 3.05) is 11.9 Å². The van der Waals surface area contributed by atoms with Crippen LogP contribution in [-0.2, 0) is 10.3 Å². The molecule has 1 unspecified atom stereocenters. The van der Waals surface area contributed by atoms with E-state index in [0.29, 0.717) is 17.1 Å². The van der Waals surface area contributed by atoms with Crippen LogP contribution in [0.25, 0.3) is 0 Å². The zero-order valence-corrected chi connectivity index (χ0v) is 10.9. The topological polar surface area (TPSA) is 107 Å². The SMILES string of the molecule is NC(=O)C1(c2ccccn2)COc2cccc(N=O)c2N1. The summed E-state index contributed by atoms with van der Waals surface area (Å²) in [5.74, 6) is -0.201. The Hall–Kier alpha value is -2.96. The summed E-state index contributed by atoms with van der Waals surface area (Å²) >= 11 is 0. The minimum Gasteiger partial charge on any atom is -0.488 e. The van der Waals surface area contributed by atoms with Crippen LogP contribution in [0.15, 0.2) is 47.8 Å². The number of aromatic nitrogens is 1. The molecule has 2 heterocycles. The lowest BCUT2D eigenvalue weighted by Gasteiger charge is -2.36. The molecular formula is C14H12N4O3. The average Bonchev–Trinajstić information content (AvgIpc) is 2.54. The first-order valence-electron chi connectivity index (χ1n) is 6.26. The predicted octanol–water partition coefficient (Wildman–Crippen LogP) is 1.66. The Labute approximate surface area is 120 Å². The molecule has 0 saturated heterocycles. The maximum Gasteiger partial charge on any atom is 0.253 e. The van der Waals surface area contributed by atoms with Gasteiger partial charge < -0.3 is 15.8 Å². The number of pyridine rings is 1. The summed E-state index contributed by atoms with van der Waals surface area (Å²) in [5.41, 5.74) is 5.12. The summed E-state index contributed by atoms with van der Waals surface area (Å²) in [7, 11) is 0. The molecule has 21 heavy (non-hydrogen) atoms. The van der Waals surface area contributed by atoms with E-state index in [0.717, 1.165) is 0 Å². The highest BCUT2D eigenvalue weighted by Crippen LogP contribution is 2.42. The molecule has 1 amide bonds. The third kappa shape index (κ3) is 1.99. The number of para-hydroxylation sites is 1. The maximum absolute atomic E-state index is 12.0. The van der Waals surface area contributed by atoms with Gasteiger partial charge in [0.15, 0.2) is 5.54 Å². The van der Waals surface area contributed by atoms with Crippen molar-refractivity contribution in [3.8, 4) is 5.75 Å². The number of benzene rings is 1. The summed E-state index contributed by atoms with van der Waals surface area (Å²) in [6.07, 6.45) is 1.56. The molecule has 7 heteroatoms. The van der Waals surface area contributed by atoms with Gasteiger partial charge in [-0.2, -0.15) is 0 Å². The summed E-state index contributed by atoms with van der Waals surface area (Å²) in [4.78, 5) is 27.1. The molecule has 0 spiro atoms. The molecule has 7 nitrogen and oxygen atoms in total. The second-order valence-electron chi connectivity index (χ2n) is 4.64. The lowest BCUT2D eigenvalue weighted by Crippen LogP contribution is -2.54. The number of carbonyl (C=O) groups excluding carboxylic acids is 1. The molecule has 1 atom stereocenters. The number of nitrogens with two attached hydrogens (primary N) is 1. The van der Waals surface area contributed by atoms with Gasteiger partial charge in [0.2, 0.25) is 0 Å². The van der Waals surface area contributed by atoms with Crippen molar-refractivity contribution in [3.63, 3.8) is 0 Å². The number of hydrogen-bond donors (Lipinski definition) is 2. The highest BCUT2D eigenvalue weighted by atomic mass is 16.5. The van der Waals surface area contributed by atoms with E-state index in [2.05, 4.69) is 15.5 Å². The number of anilines is 1. The zero-order valence-electron chi connectivity index (χ0n) is 10.9. The third-order valence-electron chi connectivity index (χ3n) is 3.41. The number of amides is 1. The summed E-state index contributed by atoms with van der Waals surface area (Å²) in [5, 5.41) is 5.93. The molecule has 0 aliphatic carbocycles. The molecule has 0 bridgehead atoms. The molecular weight excluding hydrogens is 272 g/mol. The molecule has 0 radical (unpaired) electrons. The Morgan fingerprint density at radius 2 is 2.19 bits per heavy atom. The fourth-order valence-corrected chi connectivity index (χ4v) is 2.29. The summed E-state index contributed by atoms with van der Waals surface area (Å²) < 4.78 is 5.60. The van der Waals surface area contributed by atoms with Crippen LogP contribution in [0.5, 0.6) is 5.75 Å². The fourth-order valence-electron chi connectivity index (χ4n) is 2.29. The van der Waals surface area contributed by atoms with Crippen molar-refractivity contribution in [1.29, 1.82) is 0 Å². The molecule has 0 saturated carbocycles. The average molecular weight is 284 g/mol. The highest BCUT2D eigenvalue weighted by molar-refractivity contribution is 5.92. The van der Waals surface area contributed by atoms with Gasteiger partial charge in [0, 0.05) is 6.20 Å². The Kier molecular flexibility index (Phi) is 3.02. The van der Waals surface area contributed by atoms with Gasteiger partial charge in [0.25, 0.3) is 5.91 Å². The van der Waals surface area contributed by atoms with Crippen molar-refractivity contribution >= 4 is 17.3 Å². The first kappa shape index (κ1) is 13.0. The van der Waals surface area contributed by atoms with Crippen molar-refractivity contribution in [2.45, 2.75) is 5.54 Å². The fraction of sp³-hybridized carbons (Fsp3) is 0.143. The molecule has 1 aliphatic heterocycles. The lowest BCUT2D eigenvalue weighted by atomic mass is 9.92. The monoisotopic (exact) mass is 284 g/mol. The van der Waals surface area contributed by atoms with Crippen LogP contribution in [-0.4, -0.2) is 17.5 Å². The van der Waals surface area contributed by atoms with Gasteiger partial charge >= 0.3 is 0 Å². The number of nitroso groups, excluding NO2 is 1. The smallest absolute Gasteiger partial charge is 0.253 e. The second kappa shape index (κ2) is 4.86. The Morgan fingerprint density at radius 3 is 2.86 bits per heavy atom. The number of nitrogens with one attached hydrogen (secondary N) is 1. The number of rotatable bonds is 3. The predicted molar refractivity (Wildman–Crippen MR) is 76.1 cm³/mol. The zero-order chi connectivity index (χ0) is 14.9. The van der Waals surface area contributed by atoms with E-state index >= 15 is 0 Å². The highest BCUT2D eigenvalue weighted by Gasteiger charge is 2.45. The first-order chi connectivity index (χ1) is 10.2. The van der Waals surface area contributed by atoms with Gasteiger partial charge in [-0.15, -0.1) is 4.91 Å². The van der Waals surface area contributed by atoms with Crippen molar-refractivity contribution in [1.82, 2.24) is 4.98 Å². The van der Waals surface area contributed by atoms with Gasteiger partial charge in [-0.1, -0.05) is 12.1 Å². The number of ether oxygens (including phenoxy) is 1. The molecule has 106 valence electrons. The van der Waals surface area contributed by atoms with E-state index in [4.69, 9.17) is 10.5 Å². The van der Waals surface area contributed by atoms with Crippen molar-refractivity contribution in [3.05, 3.63) is 53.2 Å². The molecule has 3 rings (SSSR count). The van der Waals surface area contributed by atoms with Crippen LogP contribution in [0.3, 0.4) is 0 Å². The van der Waals surface area contributed by atoms with Crippen molar-refractivity contribution in [2.24, 2.45) is 10.9 Å². The van der Waals surface area contributed by atoms with Crippen LogP contribution in [0, 0.1) is 4.91 Å². The van der Waals surface area contributed by atoms with Crippen LogP contribution >= 0.6 is 0 Å². The maximum atomic E-state index is 12.0. The largest absolute Gasteiger partial charge is 0.488 e. The van der Waals surface area contributed by atoms with E-state index in [1.807, 2.05) is 0 Å².